The molecule has 28 heavy (non-hydrogen) atoms. The highest BCUT2D eigenvalue weighted by molar-refractivity contribution is 7.89. The zero-order valence-electron chi connectivity index (χ0n) is 17.0. The van der Waals surface area contributed by atoms with Crippen LogP contribution in [0.2, 0.25) is 0 Å². The van der Waals surface area contributed by atoms with Gasteiger partial charge in [0.2, 0.25) is 15.9 Å². The molecule has 7 nitrogen and oxygen atoms in total. The average molecular weight is 406 g/mol. The lowest BCUT2D eigenvalue weighted by Gasteiger charge is -2.24. The van der Waals surface area contributed by atoms with Gasteiger partial charge in [0.25, 0.3) is 0 Å². The summed E-state index contributed by atoms with van der Waals surface area (Å²) in [6, 6.07) is 8.43. The molecular formula is C20H27N3O4S. The van der Waals surface area contributed by atoms with Gasteiger partial charge in [-0.2, -0.15) is 4.31 Å². The second-order valence-corrected chi connectivity index (χ2v) is 9.83. The molecule has 0 N–H and O–H groups in total. The molecule has 2 aromatic rings. The van der Waals surface area contributed by atoms with Crippen LogP contribution in [0.25, 0.3) is 0 Å². The van der Waals surface area contributed by atoms with Gasteiger partial charge in [0.15, 0.2) is 0 Å². The molecule has 2 heterocycles. The van der Waals surface area contributed by atoms with Crippen LogP contribution in [-0.2, 0) is 26.8 Å². The Bertz CT molecular complexity index is 965. The van der Waals surface area contributed by atoms with Crippen LogP contribution in [0, 0.1) is 0 Å². The zero-order chi connectivity index (χ0) is 20.7. The van der Waals surface area contributed by atoms with Crippen LogP contribution >= 0.6 is 0 Å². The Morgan fingerprint density at radius 2 is 1.86 bits per heavy atom. The van der Waals surface area contributed by atoms with Crippen LogP contribution < -0.4 is 4.90 Å². The van der Waals surface area contributed by atoms with Crippen LogP contribution in [0.1, 0.15) is 25.2 Å². The van der Waals surface area contributed by atoms with Crippen molar-refractivity contribution in [3.63, 3.8) is 0 Å². The van der Waals surface area contributed by atoms with Gasteiger partial charge >= 0.3 is 0 Å². The number of rotatable bonds is 7. The maximum atomic E-state index is 13.4. The molecule has 1 aromatic carbocycles. The number of carbonyl (C=O) groups is 1. The van der Waals surface area contributed by atoms with Crippen LogP contribution in [0.4, 0.5) is 5.69 Å². The van der Waals surface area contributed by atoms with Crippen molar-refractivity contribution in [2.24, 2.45) is 0 Å². The van der Waals surface area contributed by atoms with E-state index in [1.165, 1.54) is 10.6 Å². The largest absolute Gasteiger partial charge is 0.468 e. The Morgan fingerprint density at radius 1 is 1.14 bits per heavy atom. The molecule has 8 heteroatoms. The number of furan rings is 1. The van der Waals surface area contributed by atoms with E-state index in [1.54, 1.807) is 42.3 Å². The Balaban J connectivity index is 2.00. The third-order valence-corrected chi connectivity index (χ3v) is 7.03. The Hall–Kier alpha value is -2.16. The minimum Gasteiger partial charge on any atom is -0.468 e. The molecule has 0 aliphatic carbocycles. The number of fused-ring (bicyclic) bond motifs is 1. The van der Waals surface area contributed by atoms with Gasteiger partial charge in [-0.15, -0.1) is 0 Å². The van der Waals surface area contributed by atoms with E-state index in [1.807, 2.05) is 32.8 Å². The van der Waals surface area contributed by atoms with E-state index in [0.717, 1.165) is 11.3 Å². The molecule has 0 spiro atoms. The molecule has 0 saturated heterocycles. The van der Waals surface area contributed by atoms with Crippen LogP contribution in [0.5, 0.6) is 0 Å². The molecule has 0 fully saturated rings. The number of benzene rings is 1. The van der Waals surface area contributed by atoms with Crippen molar-refractivity contribution in [2.45, 2.75) is 30.7 Å². The first-order valence-electron chi connectivity index (χ1n) is 9.15. The van der Waals surface area contributed by atoms with Crippen LogP contribution in [0.15, 0.2) is 45.9 Å². The lowest BCUT2D eigenvalue weighted by molar-refractivity contribution is -0.121. The molecule has 0 unspecified atom stereocenters. The van der Waals surface area contributed by atoms with E-state index < -0.39 is 15.4 Å². The summed E-state index contributed by atoms with van der Waals surface area (Å²) in [5.41, 5.74) is 0.719. The summed E-state index contributed by atoms with van der Waals surface area (Å²) in [6.07, 6.45) is 1.53. The SMILES string of the molecule is CN(C)CCN(Cc1ccco1)S(=O)(=O)c1ccc2c(c1)C(C)(C)C(=O)N2C. The van der Waals surface area contributed by atoms with Crippen LogP contribution in [0.3, 0.4) is 0 Å². The highest BCUT2D eigenvalue weighted by Gasteiger charge is 2.43. The van der Waals surface area contributed by atoms with Crippen LogP contribution in [-0.4, -0.2) is 57.8 Å². The van der Waals surface area contributed by atoms with Crippen molar-refractivity contribution in [3.05, 3.63) is 47.9 Å². The van der Waals surface area contributed by atoms with Gasteiger partial charge in [0, 0.05) is 25.8 Å². The average Bonchev–Trinajstić information content (AvgIpc) is 3.21. The molecule has 0 saturated carbocycles. The second-order valence-electron chi connectivity index (χ2n) is 7.89. The molecular weight excluding hydrogens is 378 g/mol. The zero-order valence-corrected chi connectivity index (χ0v) is 17.8. The number of sulfonamides is 1. The van der Waals surface area contributed by atoms with Crippen molar-refractivity contribution in [1.29, 1.82) is 0 Å². The molecule has 1 aliphatic heterocycles. The molecule has 152 valence electrons. The molecule has 1 amide bonds. The van der Waals surface area contributed by atoms with Gasteiger partial charge in [-0.25, -0.2) is 8.42 Å². The normalized spacial score (nSPS) is 16.2. The number of carbonyl (C=O) groups excluding carboxylic acids is 1. The quantitative estimate of drug-likeness (QED) is 0.707. The van der Waals surface area contributed by atoms with Gasteiger partial charge in [0.1, 0.15) is 5.76 Å². The lowest BCUT2D eigenvalue weighted by Crippen LogP contribution is -2.36. The molecule has 3 rings (SSSR count). The second kappa shape index (κ2) is 7.35. The minimum atomic E-state index is -3.76. The minimum absolute atomic E-state index is 0.0444. The summed E-state index contributed by atoms with van der Waals surface area (Å²) in [4.78, 5) is 16.2. The first-order chi connectivity index (χ1) is 13.0. The van der Waals surface area contributed by atoms with Gasteiger partial charge in [-0.3, -0.25) is 4.79 Å². The molecule has 0 atom stereocenters. The summed E-state index contributed by atoms with van der Waals surface area (Å²) >= 11 is 0. The first kappa shape index (κ1) is 20.6. The summed E-state index contributed by atoms with van der Waals surface area (Å²) in [5, 5.41) is 0. The highest BCUT2D eigenvalue weighted by atomic mass is 32.2. The molecule has 1 aromatic heterocycles. The predicted molar refractivity (Wildman–Crippen MR) is 108 cm³/mol. The van der Waals surface area contributed by atoms with E-state index >= 15 is 0 Å². The fourth-order valence-electron chi connectivity index (χ4n) is 3.43. The maximum absolute atomic E-state index is 13.4. The monoisotopic (exact) mass is 405 g/mol. The Labute approximate surface area is 166 Å². The third-order valence-electron chi connectivity index (χ3n) is 5.19. The van der Waals surface area contributed by atoms with Gasteiger partial charge in [-0.05, 0) is 63.8 Å². The number of hydrogen-bond acceptors (Lipinski definition) is 5. The number of amides is 1. The van der Waals surface area contributed by atoms with Crippen molar-refractivity contribution in [2.75, 3.05) is 39.1 Å². The lowest BCUT2D eigenvalue weighted by atomic mass is 9.86. The van der Waals surface area contributed by atoms with Crippen molar-refractivity contribution < 1.29 is 17.6 Å². The van der Waals surface area contributed by atoms with E-state index in [2.05, 4.69) is 0 Å². The van der Waals surface area contributed by atoms with E-state index in [4.69, 9.17) is 4.42 Å². The van der Waals surface area contributed by atoms with Gasteiger partial charge in [-0.1, -0.05) is 0 Å². The first-order valence-corrected chi connectivity index (χ1v) is 10.6. The van der Waals surface area contributed by atoms with E-state index in [0.29, 0.717) is 18.8 Å². The number of nitrogens with zero attached hydrogens (tertiary/aromatic N) is 3. The summed E-state index contributed by atoms with van der Waals surface area (Å²) in [7, 11) is 1.75. The topological polar surface area (TPSA) is 74.1 Å². The standard InChI is InChI=1S/C20H27N3O4S/c1-20(2)17-13-16(8-9-18(17)22(5)19(20)24)28(25,26)23(11-10-21(3)4)14-15-7-6-12-27-15/h6-9,12-13H,10-11,14H2,1-5H3. The van der Waals surface area contributed by atoms with Crippen molar-refractivity contribution in [1.82, 2.24) is 9.21 Å². The van der Waals surface area contributed by atoms with Gasteiger partial charge < -0.3 is 14.2 Å². The van der Waals surface area contributed by atoms with Crippen molar-refractivity contribution in [3.8, 4) is 0 Å². The maximum Gasteiger partial charge on any atom is 0.243 e. The smallest absolute Gasteiger partial charge is 0.243 e. The number of hydrogen-bond donors (Lipinski definition) is 0. The highest BCUT2D eigenvalue weighted by Crippen LogP contribution is 2.42. The number of likely N-dealkylation sites (N-methyl/N-ethyl adjacent to an activating group) is 2. The third kappa shape index (κ3) is 3.59. The Morgan fingerprint density at radius 3 is 2.46 bits per heavy atom. The Kier molecular flexibility index (Phi) is 5.40. The fourth-order valence-corrected chi connectivity index (χ4v) is 4.86. The van der Waals surface area contributed by atoms with Gasteiger partial charge in [0.05, 0.1) is 23.1 Å². The van der Waals surface area contributed by atoms with Crippen molar-refractivity contribution >= 4 is 21.6 Å². The van der Waals surface area contributed by atoms with E-state index in [-0.39, 0.29) is 17.3 Å². The molecule has 1 aliphatic rings. The predicted octanol–water partition coefficient (Wildman–Crippen LogP) is 2.29. The fraction of sp³-hybridized carbons (Fsp3) is 0.450. The summed E-state index contributed by atoms with van der Waals surface area (Å²) in [5.74, 6) is 0.538. The molecule has 0 radical (unpaired) electrons. The summed E-state index contributed by atoms with van der Waals surface area (Å²) in [6.45, 7) is 4.71. The summed E-state index contributed by atoms with van der Waals surface area (Å²) < 4.78 is 33.6. The van der Waals surface area contributed by atoms with E-state index in [9.17, 15) is 13.2 Å². The number of anilines is 1. The molecule has 0 bridgehead atoms.